The molecule has 0 heterocycles. The average Bonchev–Trinajstić information content (AvgIpc) is 2.28. The van der Waals surface area contributed by atoms with Crippen molar-refractivity contribution in [3.8, 4) is 5.75 Å². The van der Waals surface area contributed by atoms with Gasteiger partial charge in [-0.05, 0) is 68.8 Å². The van der Waals surface area contributed by atoms with E-state index >= 15 is 0 Å². The van der Waals surface area contributed by atoms with Crippen molar-refractivity contribution in [1.82, 2.24) is 0 Å². The van der Waals surface area contributed by atoms with E-state index in [1.165, 1.54) is 0 Å². The molecule has 16 heavy (non-hydrogen) atoms. The van der Waals surface area contributed by atoms with Gasteiger partial charge >= 0.3 is 0 Å². The molecule has 0 bridgehead atoms. The van der Waals surface area contributed by atoms with Gasteiger partial charge in [-0.3, -0.25) is 0 Å². The van der Waals surface area contributed by atoms with E-state index in [9.17, 15) is 5.11 Å². The maximum Gasteiger partial charge on any atom is 0.122 e. The second-order valence-electron chi connectivity index (χ2n) is 4.26. The first-order valence-electron chi connectivity index (χ1n) is 5.67. The number of benzene rings is 1. The minimum absolute atomic E-state index is 0.454. The van der Waals surface area contributed by atoms with E-state index in [0.29, 0.717) is 12.3 Å². The highest BCUT2D eigenvalue weighted by molar-refractivity contribution is 9.10. The van der Waals surface area contributed by atoms with E-state index in [1.807, 2.05) is 20.8 Å². The standard InChI is InChI=1S/C13H20BrNO/c1-8-9(2)13(16)11(6-4-5-7-15)10(3)12(8)14/h16H,4-7,15H2,1-3H3. The fraction of sp³-hybridized carbons (Fsp3) is 0.538. The first-order valence-corrected chi connectivity index (χ1v) is 6.47. The summed E-state index contributed by atoms with van der Waals surface area (Å²) >= 11 is 3.59. The SMILES string of the molecule is Cc1c(C)c(Br)c(C)c(CCCCN)c1O. The number of halogens is 1. The van der Waals surface area contributed by atoms with Gasteiger partial charge in [0.1, 0.15) is 5.75 Å². The minimum Gasteiger partial charge on any atom is -0.507 e. The molecule has 3 N–H and O–H groups in total. The van der Waals surface area contributed by atoms with Gasteiger partial charge in [-0.1, -0.05) is 15.9 Å². The Labute approximate surface area is 106 Å². The van der Waals surface area contributed by atoms with Crippen molar-refractivity contribution in [2.75, 3.05) is 6.54 Å². The van der Waals surface area contributed by atoms with Crippen LogP contribution < -0.4 is 5.73 Å². The Bertz CT molecular complexity index is 359. The number of rotatable bonds is 4. The van der Waals surface area contributed by atoms with Crippen LogP contribution in [0.4, 0.5) is 0 Å². The van der Waals surface area contributed by atoms with Crippen LogP contribution in [0.5, 0.6) is 5.75 Å². The number of phenols is 1. The molecule has 0 radical (unpaired) electrons. The van der Waals surface area contributed by atoms with Gasteiger partial charge < -0.3 is 10.8 Å². The zero-order valence-electron chi connectivity index (χ0n) is 10.2. The monoisotopic (exact) mass is 285 g/mol. The summed E-state index contributed by atoms with van der Waals surface area (Å²) in [5, 5.41) is 10.1. The summed E-state index contributed by atoms with van der Waals surface area (Å²) in [5.41, 5.74) is 9.79. The van der Waals surface area contributed by atoms with Crippen LogP contribution in [0.25, 0.3) is 0 Å². The summed E-state index contributed by atoms with van der Waals surface area (Å²) in [7, 11) is 0. The third-order valence-corrected chi connectivity index (χ3v) is 4.39. The normalized spacial score (nSPS) is 10.8. The highest BCUT2D eigenvalue weighted by atomic mass is 79.9. The summed E-state index contributed by atoms with van der Waals surface area (Å²) < 4.78 is 1.12. The van der Waals surface area contributed by atoms with Crippen molar-refractivity contribution in [1.29, 1.82) is 0 Å². The third-order valence-electron chi connectivity index (χ3n) is 3.20. The molecule has 1 aromatic carbocycles. The first kappa shape index (κ1) is 13.5. The van der Waals surface area contributed by atoms with Gasteiger partial charge in [-0.15, -0.1) is 0 Å². The zero-order chi connectivity index (χ0) is 12.3. The highest BCUT2D eigenvalue weighted by Crippen LogP contribution is 2.35. The number of hydrogen-bond donors (Lipinski definition) is 2. The molecular formula is C13H20BrNO. The van der Waals surface area contributed by atoms with Crippen molar-refractivity contribution >= 4 is 15.9 Å². The lowest BCUT2D eigenvalue weighted by atomic mass is 9.95. The second-order valence-corrected chi connectivity index (χ2v) is 5.05. The predicted octanol–water partition coefficient (Wildman–Crippen LogP) is 3.36. The third kappa shape index (κ3) is 2.58. The average molecular weight is 286 g/mol. The van der Waals surface area contributed by atoms with Gasteiger partial charge in [-0.2, -0.15) is 0 Å². The molecule has 0 aliphatic carbocycles. The lowest BCUT2D eigenvalue weighted by Gasteiger charge is -2.16. The number of nitrogens with two attached hydrogens (primary N) is 1. The summed E-state index contributed by atoms with van der Waals surface area (Å²) in [5.74, 6) is 0.454. The molecule has 0 saturated carbocycles. The van der Waals surface area contributed by atoms with E-state index in [4.69, 9.17) is 5.73 Å². The first-order chi connectivity index (χ1) is 7.50. The number of aromatic hydroxyl groups is 1. The summed E-state index contributed by atoms with van der Waals surface area (Å²) in [6.07, 6.45) is 2.93. The number of unbranched alkanes of at least 4 members (excludes halogenated alkanes) is 1. The lowest BCUT2D eigenvalue weighted by molar-refractivity contribution is 0.461. The molecule has 3 heteroatoms. The Balaban J connectivity index is 3.08. The molecule has 0 amide bonds. The van der Waals surface area contributed by atoms with Crippen LogP contribution in [0.15, 0.2) is 4.47 Å². The van der Waals surface area contributed by atoms with Crippen LogP contribution in [0.2, 0.25) is 0 Å². The molecular weight excluding hydrogens is 266 g/mol. The fourth-order valence-electron chi connectivity index (χ4n) is 1.91. The predicted molar refractivity (Wildman–Crippen MR) is 72.0 cm³/mol. The van der Waals surface area contributed by atoms with Crippen LogP contribution in [-0.2, 0) is 6.42 Å². The molecule has 0 aliphatic rings. The summed E-state index contributed by atoms with van der Waals surface area (Å²) in [6, 6.07) is 0. The Kier molecular flexibility index (Phi) is 4.81. The number of phenolic OH excluding ortho intramolecular Hbond substituents is 1. The Morgan fingerprint density at radius 1 is 1.06 bits per heavy atom. The largest absolute Gasteiger partial charge is 0.507 e. The van der Waals surface area contributed by atoms with E-state index in [-0.39, 0.29) is 0 Å². The Morgan fingerprint density at radius 2 is 1.69 bits per heavy atom. The molecule has 0 aliphatic heterocycles. The molecule has 0 fully saturated rings. The minimum atomic E-state index is 0.454. The van der Waals surface area contributed by atoms with Crippen LogP contribution in [0, 0.1) is 20.8 Å². The van der Waals surface area contributed by atoms with Gasteiger partial charge in [0, 0.05) is 4.47 Å². The quantitative estimate of drug-likeness (QED) is 0.834. The smallest absolute Gasteiger partial charge is 0.122 e. The van der Waals surface area contributed by atoms with Gasteiger partial charge in [0.25, 0.3) is 0 Å². The van der Waals surface area contributed by atoms with Crippen molar-refractivity contribution in [3.63, 3.8) is 0 Å². The maximum absolute atomic E-state index is 10.1. The van der Waals surface area contributed by atoms with Crippen molar-refractivity contribution < 1.29 is 5.11 Å². The summed E-state index contributed by atoms with van der Waals surface area (Å²) in [6.45, 7) is 6.75. The van der Waals surface area contributed by atoms with Gasteiger partial charge in [0.05, 0.1) is 0 Å². The van der Waals surface area contributed by atoms with Crippen molar-refractivity contribution in [3.05, 3.63) is 26.7 Å². The summed E-state index contributed by atoms with van der Waals surface area (Å²) in [4.78, 5) is 0. The topological polar surface area (TPSA) is 46.2 Å². The van der Waals surface area contributed by atoms with Gasteiger partial charge in [-0.25, -0.2) is 0 Å². The molecule has 0 aromatic heterocycles. The van der Waals surface area contributed by atoms with Crippen molar-refractivity contribution in [2.45, 2.75) is 40.0 Å². The molecule has 1 aromatic rings. The second kappa shape index (κ2) is 5.69. The van der Waals surface area contributed by atoms with Crippen LogP contribution in [0.1, 0.15) is 35.1 Å². The van der Waals surface area contributed by atoms with Crippen LogP contribution >= 0.6 is 15.9 Å². The van der Waals surface area contributed by atoms with Crippen LogP contribution in [-0.4, -0.2) is 11.7 Å². The van der Waals surface area contributed by atoms with E-state index < -0.39 is 0 Å². The Morgan fingerprint density at radius 3 is 2.25 bits per heavy atom. The highest BCUT2D eigenvalue weighted by Gasteiger charge is 2.14. The van der Waals surface area contributed by atoms with Gasteiger partial charge in [0.15, 0.2) is 0 Å². The zero-order valence-corrected chi connectivity index (χ0v) is 11.8. The Hall–Kier alpha value is -0.540. The molecule has 0 atom stereocenters. The maximum atomic E-state index is 10.1. The molecule has 90 valence electrons. The molecule has 2 nitrogen and oxygen atoms in total. The van der Waals surface area contributed by atoms with Crippen molar-refractivity contribution in [2.24, 2.45) is 5.73 Å². The van der Waals surface area contributed by atoms with E-state index in [1.54, 1.807) is 0 Å². The van der Waals surface area contributed by atoms with E-state index in [2.05, 4.69) is 15.9 Å². The lowest BCUT2D eigenvalue weighted by Crippen LogP contribution is -2.01. The molecule has 0 unspecified atom stereocenters. The number of hydrogen-bond acceptors (Lipinski definition) is 2. The van der Waals surface area contributed by atoms with Gasteiger partial charge in [0.2, 0.25) is 0 Å². The molecule has 1 rings (SSSR count). The van der Waals surface area contributed by atoms with E-state index in [0.717, 1.165) is 46.0 Å². The molecule has 0 spiro atoms. The van der Waals surface area contributed by atoms with Crippen LogP contribution in [0.3, 0.4) is 0 Å². The fourth-order valence-corrected chi connectivity index (χ4v) is 2.45. The molecule has 0 saturated heterocycles.